The molecule has 3 N–H and O–H groups in total. The third kappa shape index (κ3) is 4.65. The van der Waals surface area contributed by atoms with Crippen LogP contribution in [0.15, 0.2) is 30.5 Å². The summed E-state index contributed by atoms with van der Waals surface area (Å²) in [7, 11) is 0. The molecule has 0 radical (unpaired) electrons. The number of hydrogen-bond donors (Lipinski definition) is 2. The predicted octanol–water partition coefficient (Wildman–Crippen LogP) is 3.07. The van der Waals surface area contributed by atoms with Gasteiger partial charge in [0, 0.05) is 17.6 Å². The van der Waals surface area contributed by atoms with Gasteiger partial charge in [-0.15, -0.1) is 5.10 Å². The van der Waals surface area contributed by atoms with E-state index in [1.165, 1.54) is 0 Å². The van der Waals surface area contributed by atoms with Gasteiger partial charge < -0.3 is 15.2 Å². The van der Waals surface area contributed by atoms with Crippen molar-refractivity contribution in [2.45, 2.75) is 32.8 Å². The van der Waals surface area contributed by atoms with Gasteiger partial charge in [0.1, 0.15) is 11.9 Å². The van der Waals surface area contributed by atoms with Gasteiger partial charge in [0.2, 0.25) is 0 Å². The fraction of sp³-hybridized carbons (Fsp3) is 0.333. The van der Waals surface area contributed by atoms with Crippen molar-refractivity contribution < 1.29 is 9.47 Å². The summed E-state index contributed by atoms with van der Waals surface area (Å²) < 4.78 is 12.7. The highest BCUT2D eigenvalue weighted by Gasteiger charge is 2.16. The van der Waals surface area contributed by atoms with Crippen LogP contribution in [0, 0.1) is 12.3 Å². The average Bonchev–Trinajstić information content (AvgIpc) is 3.03. The molecule has 9 heteroatoms. The van der Waals surface area contributed by atoms with Crippen molar-refractivity contribution in [3.63, 3.8) is 0 Å². The second-order valence-corrected chi connectivity index (χ2v) is 6.53. The molecule has 0 saturated carbocycles. The maximum absolute atomic E-state index is 7.05. The monoisotopic (exact) mass is 388 g/mol. The number of ether oxygens (including phenoxy) is 2. The molecule has 0 aliphatic rings. The summed E-state index contributed by atoms with van der Waals surface area (Å²) in [5, 5.41) is 12.3. The lowest BCUT2D eigenvalue weighted by molar-refractivity contribution is 0.217. The molecule has 0 fully saturated rings. The summed E-state index contributed by atoms with van der Waals surface area (Å²) in [6.45, 7) is 4.25. The van der Waals surface area contributed by atoms with Crippen LogP contribution < -0.4 is 10.5 Å². The Balaban J connectivity index is 1.76. The van der Waals surface area contributed by atoms with Crippen LogP contribution in [0.1, 0.15) is 36.5 Å². The molecule has 8 nitrogen and oxygen atoms in total. The molecular weight excluding hydrogens is 368 g/mol. The Kier molecular flexibility index (Phi) is 5.75. The Morgan fingerprint density at radius 3 is 2.93 bits per heavy atom. The number of nitrogens with zero attached hydrogens (tertiary/aromatic N) is 4. The quantitative estimate of drug-likeness (QED) is 0.365. The lowest BCUT2D eigenvalue weighted by Gasteiger charge is -2.17. The summed E-state index contributed by atoms with van der Waals surface area (Å²) in [5.74, 6) is 1.92. The number of benzene rings is 1. The van der Waals surface area contributed by atoms with Crippen LogP contribution in [0.2, 0.25) is 5.02 Å². The zero-order valence-corrected chi connectivity index (χ0v) is 15.9. The minimum atomic E-state index is -0.287. The largest absolute Gasteiger partial charge is 0.484 e. The fourth-order valence-corrected chi connectivity index (χ4v) is 2.90. The van der Waals surface area contributed by atoms with E-state index >= 15 is 0 Å². The Bertz CT molecular complexity index is 958. The molecule has 1 aromatic carbocycles. The highest BCUT2D eigenvalue weighted by Crippen LogP contribution is 2.27. The van der Waals surface area contributed by atoms with E-state index in [1.54, 1.807) is 16.8 Å². The van der Waals surface area contributed by atoms with Gasteiger partial charge in [-0.3, -0.25) is 5.41 Å². The molecule has 0 aliphatic carbocycles. The molecule has 3 aromatic rings. The van der Waals surface area contributed by atoms with E-state index in [0.717, 1.165) is 17.0 Å². The number of nitrogens with one attached hydrogen (secondary N) is 1. The number of halogens is 1. The first-order valence-corrected chi connectivity index (χ1v) is 8.92. The zero-order chi connectivity index (χ0) is 19.4. The van der Waals surface area contributed by atoms with Gasteiger partial charge in [-0.05, 0) is 50.1 Å². The Labute approximate surface area is 161 Å². The van der Waals surface area contributed by atoms with Crippen molar-refractivity contribution in [2.24, 2.45) is 5.73 Å². The van der Waals surface area contributed by atoms with E-state index in [4.69, 9.17) is 32.2 Å². The molecule has 142 valence electrons. The zero-order valence-electron chi connectivity index (χ0n) is 15.1. The average molecular weight is 389 g/mol. The molecule has 3 rings (SSSR count). The second kappa shape index (κ2) is 8.22. The lowest BCUT2D eigenvalue weighted by Crippen LogP contribution is -2.15. The topological polar surface area (TPSA) is 111 Å². The van der Waals surface area contributed by atoms with Gasteiger partial charge >= 0.3 is 0 Å². The van der Waals surface area contributed by atoms with Crippen molar-refractivity contribution in [1.82, 2.24) is 19.6 Å². The summed E-state index contributed by atoms with van der Waals surface area (Å²) in [5.41, 5.74) is 6.97. The van der Waals surface area contributed by atoms with Gasteiger partial charge in [-0.1, -0.05) is 11.6 Å². The predicted molar refractivity (Wildman–Crippen MR) is 102 cm³/mol. The summed E-state index contributed by atoms with van der Waals surface area (Å²) in [6.07, 6.45) is 2.69. The van der Waals surface area contributed by atoms with Gasteiger partial charge in [0.25, 0.3) is 11.8 Å². The van der Waals surface area contributed by atoms with Crippen LogP contribution in [0.4, 0.5) is 0 Å². The fourth-order valence-electron chi connectivity index (χ4n) is 2.67. The molecule has 0 saturated heterocycles. The van der Waals surface area contributed by atoms with E-state index in [9.17, 15) is 0 Å². The molecule has 0 spiro atoms. The Morgan fingerprint density at radius 1 is 1.37 bits per heavy atom. The third-order valence-electron chi connectivity index (χ3n) is 3.97. The number of amidine groups is 1. The number of nitrogens with two attached hydrogens (primary N) is 1. The molecular formula is C18H21ClN6O2. The normalized spacial score (nSPS) is 12.1. The van der Waals surface area contributed by atoms with Crippen LogP contribution in [0.3, 0.4) is 0 Å². The standard InChI is InChI=1S/C18H21ClN6O2/c1-11-10-13(19)5-6-15(11)27-12(2)14-7-8-22-18-23-16(24-25(14)18)4-3-9-26-17(20)21/h5-8,10,12H,3-4,9H2,1-2H3,(H3,20,21). The smallest absolute Gasteiger partial charge is 0.278 e. The minimum Gasteiger partial charge on any atom is -0.484 e. The van der Waals surface area contributed by atoms with E-state index in [0.29, 0.717) is 36.1 Å². The number of aromatic nitrogens is 4. The number of fused-ring (bicyclic) bond motifs is 1. The van der Waals surface area contributed by atoms with Crippen LogP contribution in [-0.2, 0) is 11.2 Å². The summed E-state index contributed by atoms with van der Waals surface area (Å²) in [6, 6.07) is 7.09. The molecule has 1 unspecified atom stereocenters. The Morgan fingerprint density at radius 2 is 2.19 bits per heavy atom. The first-order valence-electron chi connectivity index (χ1n) is 8.54. The second-order valence-electron chi connectivity index (χ2n) is 6.10. The van der Waals surface area contributed by atoms with E-state index in [1.807, 2.05) is 32.0 Å². The van der Waals surface area contributed by atoms with Crippen molar-refractivity contribution in [3.05, 3.63) is 52.6 Å². The third-order valence-corrected chi connectivity index (χ3v) is 4.21. The molecule has 2 heterocycles. The number of hydrogen-bond acceptors (Lipinski definition) is 6. The molecule has 27 heavy (non-hydrogen) atoms. The van der Waals surface area contributed by atoms with Gasteiger partial charge in [-0.2, -0.15) is 9.50 Å². The minimum absolute atomic E-state index is 0.258. The highest BCUT2D eigenvalue weighted by atomic mass is 35.5. The van der Waals surface area contributed by atoms with E-state index in [2.05, 4.69) is 15.1 Å². The lowest BCUT2D eigenvalue weighted by atomic mass is 10.2. The first kappa shape index (κ1) is 18.9. The number of rotatable bonds is 7. The molecule has 0 amide bonds. The van der Waals surface area contributed by atoms with Crippen molar-refractivity contribution in [3.8, 4) is 5.75 Å². The Hall–Kier alpha value is -2.87. The van der Waals surface area contributed by atoms with Gasteiger partial charge in [-0.25, -0.2) is 4.98 Å². The van der Waals surface area contributed by atoms with E-state index in [-0.39, 0.29) is 12.1 Å². The van der Waals surface area contributed by atoms with Crippen molar-refractivity contribution in [2.75, 3.05) is 6.61 Å². The molecule has 0 bridgehead atoms. The number of aryl methyl sites for hydroxylation is 2. The van der Waals surface area contributed by atoms with Crippen LogP contribution in [0.5, 0.6) is 5.75 Å². The SMILES string of the molecule is Cc1cc(Cl)ccc1OC(C)c1ccnc2nc(CCCOC(=N)N)nn12. The van der Waals surface area contributed by atoms with E-state index < -0.39 is 0 Å². The van der Waals surface area contributed by atoms with Crippen LogP contribution in [0.25, 0.3) is 5.78 Å². The molecule has 0 aliphatic heterocycles. The highest BCUT2D eigenvalue weighted by molar-refractivity contribution is 6.30. The van der Waals surface area contributed by atoms with Crippen LogP contribution in [-0.4, -0.2) is 32.2 Å². The maximum Gasteiger partial charge on any atom is 0.278 e. The maximum atomic E-state index is 7.05. The van der Waals surface area contributed by atoms with Crippen molar-refractivity contribution in [1.29, 1.82) is 5.41 Å². The summed E-state index contributed by atoms with van der Waals surface area (Å²) in [4.78, 5) is 8.70. The van der Waals surface area contributed by atoms with Crippen LogP contribution >= 0.6 is 11.6 Å². The molecule has 2 aromatic heterocycles. The van der Waals surface area contributed by atoms with Gasteiger partial charge in [0.15, 0.2) is 5.82 Å². The van der Waals surface area contributed by atoms with Crippen molar-refractivity contribution >= 4 is 23.4 Å². The molecule has 1 atom stereocenters. The first-order chi connectivity index (χ1) is 12.9. The summed E-state index contributed by atoms with van der Waals surface area (Å²) >= 11 is 6.01. The van der Waals surface area contributed by atoms with Gasteiger partial charge in [0.05, 0.1) is 12.3 Å².